The number of carbonyl (C=O) groups is 1. The molecule has 0 atom stereocenters. The fourth-order valence-electron chi connectivity index (χ4n) is 3.59. The number of nitrogens with zero attached hydrogens (tertiary/aromatic N) is 1. The van der Waals surface area contributed by atoms with Crippen molar-refractivity contribution in [3.8, 4) is 0 Å². The molecule has 0 aromatic heterocycles. The molecular weight excluding hydrogens is 570 g/mol. The number of sulfonamides is 2. The van der Waals surface area contributed by atoms with Crippen molar-refractivity contribution in [1.82, 2.24) is 4.31 Å². The molecular formula is C24H24BrN3O6S2. The fraction of sp³-hybridized carbons (Fsp3) is 0.208. The number of halogens is 1. The Hall–Kier alpha value is -2.77. The summed E-state index contributed by atoms with van der Waals surface area (Å²) < 4.78 is 61.2. The standard InChI is InChI=1S/C24H24BrN3O6S2/c1-17-2-9-22(36(32,33)28-12-14-34-15-13-28)16-23(17)24(29)26-19-7-10-21(11-8-19)35(30,31)27-20-5-3-18(25)4-6-20/h2-11,16,27H,12-15H2,1H3,(H,26,29). The van der Waals surface area contributed by atoms with Crippen LogP contribution in [0.1, 0.15) is 15.9 Å². The number of aryl methyl sites for hydroxylation is 1. The van der Waals surface area contributed by atoms with Gasteiger partial charge in [-0.3, -0.25) is 9.52 Å². The molecule has 36 heavy (non-hydrogen) atoms. The van der Waals surface area contributed by atoms with Gasteiger partial charge in [-0.2, -0.15) is 4.31 Å². The lowest BCUT2D eigenvalue weighted by Gasteiger charge is -2.26. The molecule has 12 heteroatoms. The van der Waals surface area contributed by atoms with Crippen molar-refractivity contribution < 1.29 is 26.4 Å². The molecule has 1 heterocycles. The lowest BCUT2D eigenvalue weighted by molar-refractivity contribution is 0.0730. The van der Waals surface area contributed by atoms with Gasteiger partial charge in [-0.15, -0.1) is 0 Å². The van der Waals surface area contributed by atoms with Crippen molar-refractivity contribution in [2.24, 2.45) is 0 Å². The van der Waals surface area contributed by atoms with E-state index in [1.165, 1.54) is 40.7 Å². The Morgan fingerprint density at radius 2 is 1.44 bits per heavy atom. The van der Waals surface area contributed by atoms with Crippen LogP contribution in [0.15, 0.2) is 81.0 Å². The number of ether oxygens (including phenoxy) is 1. The lowest BCUT2D eigenvalue weighted by atomic mass is 10.1. The molecule has 0 radical (unpaired) electrons. The summed E-state index contributed by atoms with van der Waals surface area (Å²) in [5, 5.41) is 2.70. The fourth-order valence-corrected chi connectivity index (χ4v) is 6.35. The second kappa shape index (κ2) is 10.7. The van der Waals surface area contributed by atoms with Gasteiger partial charge in [0.25, 0.3) is 15.9 Å². The van der Waals surface area contributed by atoms with E-state index in [0.29, 0.717) is 30.2 Å². The molecule has 4 rings (SSSR count). The van der Waals surface area contributed by atoms with Gasteiger partial charge in [0.1, 0.15) is 0 Å². The summed E-state index contributed by atoms with van der Waals surface area (Å²) in [6.45, 7) is 2.86. The predicted molar refractivity (Wildman–Crippen MR) is 140 cm³/mol. The van der Waals surface area contributed by atoms with Gasteiger partial charge in [0.05, 0.1) is 23.0 Å². The van der Waals surface area contributed by atoms with E-state index in [9.17, 15) is 21.6 Å². The smallest absolute Gasteiger partial charge is 0.261 e. The number of amides is 1. The van der Waals surface area contributed by atoms with Gasteiger partial charge >= 0.3 is 0 Å². The van der Waals surface area contributed by atoms with Crippen LogP contribution in [0.25, 0.3) is 0 Å². The SMILES string of the molecule is Cc1ccc(S(=O)(=O)N2CCOCC2)cc1C(=O)Nc1ccc(S(=O)(=O)Nc2ccc(Br)cc2)cc1. The van der Waals surface area contributed by atoms with E-state index in [0.717, 1.165) is 4.47 Å². The van der Waals surface area contributed by atoms with Crippen LogP contribution in [0.5, 0.6) is 0 Å². The number of anilines is 2. The first-order valence-corrected chi connectivity index (χ1v) is 14.7. The van der Waals surface area contributed by atoms with Gasteiger partial charge in [-0.25, -0.2) is 16.8 Å². The van der Waals surface area contributed by atoms with Crippen LogP contribution in [0, 0.1) is 6.92 Å². The van der Waals surface area contributed by atoms with Crippen molar-refractivity contribution in [3.05, 3.63) is 82.3 Å². The maximum absolute atomic E-state index is 13.0. The van der Waals surface area contributed by atoms with Crippen LogP contribution in [-0.4, -0.2) is 53.4 Å². The number of hydrogen-bond acceptors (Lipinski definition) is 6. The Morgan fingerprint density at radius 3 is 2.08 bits per heavy atom. The van der Waals surface area contributed by atoms with Gasteiger partial charge in [-0.05, 0) is 73.2 Å². The van der Waals surface area contributed by atoms with Crippen LogP contribution >= 0.6 is 15.9 Å². The van der Waals surface area contributed by atoms with E-state index < -0.39 is 26.0 Å². The van der Waals surface area contributed by atoms with Gasteiger partial charge in [-0.1, -0.05) is 22.0 Å². The third-order valence-electron chi connectivity index (χ3n) is 5.58. The number of benzene rings is 3. The van der Waals surface area contributed by atoms with E-state index in [1.807, 2.05) is 0 Å². The molecule has 0 bridgehead atoms. The largest absolute Gasteiger partial charge is 0.379 e. The number of rotatable bonds is 7. The number of carbonyl (C=O) groups excluding carboxylic acids is 1. The highest BCUT2D eigenvalue weighted by molar-refractivity contribution is 9.10. The summed E-state index contributed by atoms with van der Waals surface area (Å²) >= 11 is 3.30. The molecule has 1 fully saturated rings. The summed E-state index contributed by atoms with van der Waals surface area (Å²) in [5.74, 6) is -0.505. The van der Waals surface area contributed by atoms with Gasteiger partial charge in [0.15, 0.2) is 0 Å². The molecule has 0 spiro atoms. The summed E-state index contributed by atoms with van der Waals surface area (Å²) in [7, 11) is -7.58. The molecule has 0 aliphatic carbocycles. The van der Waals surface area contributed by atoms with Crippen molar-refractivity contribution in [3.63, 3.8) is 0 Å². The normalized spacial score (nSPS) is 14.8. The Bertz CT molecular complexity index is 1470. The molecule has 1 saturated heterocycles. The first-order valence-electron chi connectivity index (χ1n) is 10.9. The maximum atomic E-state index is 13.0. The summed E-state index contributed by atoms with van der Waals surface area (Å²) in [6, 6.07) is 16.8. The van der Waals surface area contributed by atoms with Gasteiger partial charge < -0.3 is 10.1 Å². The van der Waals surface area contributed by atoms with Crippen LogP contribution in [-0.2, 0) is 24.8 Å². The van der Waals surface area contributed by atoms with Crippen molar-refractivity contribution in [2.75, 3.05) is 36.3 Å². The molecule has 1 amide bonds. The Morgan fingerprint density at radius 1 is 0.861 bits per heavy atom. The zero-order valence-electron chi connectivity index (χ0n) is 19.3. The van der Waals surface area contributed by atoms with E-state index in [1.54, 1.807) is 37.3 Å². The van der Waals surface area contributed by atoms with E-state index in [2.05, 4.69) is 26.0 Å². The molecule has 9 nitrogen and oxygen atoms in total. The highest BCUT2D eigenvalue weighted by Crippen LogP contribution is 2.23. The Kier molecular flexibility index (Phi) is 7.81. The molecule has 1 aliphatic heterocycles. The van der Waals surface area contributed by atoms with Crippen LogP contribution < -0.4 is 10.0 Å². The average molecular weight is 595 g/mol. The van der Waals surface area contributed by atoms with Crippen molar-refractivity contribution in [2.45, 2.75) is 16.7 Å². The third-order valence-corrected chi connectivity index (χ3v) is 9.40. The minimum Gasteiger partial charge on any atom is -0.379 e. The van der Waals surface area contributed by atoms with E-state index >= 15 is 0 Å². The molecule has 0 saturated carbocycles. The maximum Gasteiger partial charge on any atom is 0.261 e. The molecule has 190 valence electrons. The molecule has 3 aromatic rings. The van der Waals surface area contributed by atoms with Crippen molar-refractivity contribution in [1.29, 1.82) is 0 Å². The number of hydrogen-bond donors (Lipinski definition) is 2. The topological polar surface area (TPSA) is 122 Å². The third kappa shape index (κ3) is 5.95. The zero-order chi connectivity index (χ0) is 25.9. The van der Waals surface area contributed by atoms with Crippen LogP contribution in [0.3, 0.4) is 0 Å². The average Bonchev–Trinajstić information content (AvgIpc) is 2.86. The molecule has 1 aliphatic rings. The first kappa shape index (κ1) is 26.3. The first-order chi connectivity index (χ1) is 17.1. The second-order valence-electron chi connectivity index (χ2n) is 8.08. The molecule has 0 unspecified atom stereocenters. The Labute approximate surface area is 218 Å². The van der Waals surface area contributed by atoms with Crippen LogP contribution in [0.2, 0.25) is 0 Å². The predicted octanol–water partition coefficient (Wildman–Crippen LogP) is 3.83. The molecule has 2 N–H and O–H groups in total. The number of morpholine rings is 1. The monoisotopic (exact) mass is 593 g/mol. The van der Waals surface area contributed by atoms with E-state index in [-0.39, 0.29) is 28.4 Å². The number of nitrogens with one attached hydrogen (secondary N) is 2. The quantitative estimate of drug-likeness (QED) is 0.429. The highest BCUT2D eigenvalue weighted by Gasteiger charge is 2.27. The summed E-state index contributed by atoms with van der Waals surface area (Å²) in [4.78, 5) is 13.0. The summed E-state index contributed by atoms with van der Waals surface area (Å²) in [5.41, 5.74) is 1.59. The minimum absolute atomic E-state index is 0.0261. The van der Waals surface area contributed by atoms with Gasteiger partial charge in [0, 0.05) is 34.5 Å². The Balaban J connectivity index is 1.49. The summed E-state index contributed by atoms with van der Waals surface area (Å²) in [6.07, 6.45) is 0. The van der Waals surface area contributed by atoms with E-state index in [4.69, 9.17) is 4.74 Å². The highest BCUT2D eigenvalue weighted by atomic mass is 79.9. The molecule has 3 aromatic carbocycles. The van der Waals surface area contributed by atoms with Crippen LogP contribution in [0.4, 0.5) is 11.4 Å². The van der Waals surface area contributed by atoms with Crippen molar-refractivity contribution >= 4 is 53.3 Å². The zero-order valence-corrected chi connectivity index (χ0v) is 22.5. The lowest BCUT2D eigenvalue weighted by Crippen LogP contribution is -2.40. The van der Waals surface area contributed by atoms with Gasteiger partial charge in [0.2, 0.25) is 10.0 Å². The second-order valence-corrected chi connectivity index (χ2v) is 12.6. The minimum atomic E-state index is -3.82.